The van der Waals surface area contributed by atoms with E-state index in [9.17, 15) is 15.0 Å². The number of benzene rings is 2. The van der Waals surface area contributed by atoms with Gasteiger partial charge in [-0.25, -0.2) is 0 Å². The molecule has 0 bridgehead atoms. The van der Waals surface area contributed by atoms with E-state index in [1.807, 2.05) is 30.3 Å². The first-order valence-corrected chi connectivity index (χ1v) is 6.61. The topological polar surface area (TPSA) is 57.5 Å². The van der Waals surface area contributed by atoms with Crippen molar-refractivity contribution in [2.75, 3.05) is 0 Å². The molecule has 0 saturated heterocycles. The highest BCUT2D eigenvalue weighted by molar-refractivity contribution is 6.33. The minimum atomic E-state index is -0.396. The lowest BCUT2D eigenvalue weighted by Gasteiger charge is -2.00. The molecule has 2 aromatic carbocycles. The van der Waals surface area contributed by atoms with Gasteiger partial charge in [0, 0.05) is 11.1 Å². The molecule has 0 heterocycles. The van der Waals surface area contributed by atoms with Gasteiger partial charge in [-0.05, 0) is 35.9 Å². The summed E-state index contributed by atoms with van der Waals surface area (Å²) < 4.78 is 0. The summed E-state index contributed by atoms with van der Waals surface area (Å²) >= 11 is 6.03. The highest BCUT2D eigenvalue weighted by Gasteiger charge is 2.08. The predicted molar refractivity (Wildman–Crippen MR) is 83.5 cm³/mol. The fraction of sp³-hybridized carbons (Fsp3) is 0. The van der Waals surface area contributed by atoms with Crippen LogP contribution in [0.15, 0.2) is 65.7 Å². The van der Waals surface area contributed by atoms with Gasteiger partial charge in [-0.3, -0.25) is 4.79 Å². The van der Waals surface area contributed by atoms with Gasteiger partial charge in [0.2, 0.25) is 0 Å². The van der Waals surface area contributed by atoms with Gasteiger partial charge in [0.05, 0.1) is 5.56 Å². The zero-order valence-corrected chi connectivity index (χ0v) is 11.8. The Hall–Kier alpha value is -2.52. The van der Waals surface area contributed by atoms with E-state index in [0.717, 1.165) is 11.6 Å². The predicted octanol–water partition coefficient (Wildman–Crippen LogP) is 4.12. The van der Waals surface area contributed by atoms with Gasteiger partial charge >= 0.3 is 0 Å². The van der Waals surface area contributed by atoms with E-state index < -0.39 is 5.78 Å². The van der Waals surface area contributed by atoms with Gasteiger partial charge in [0.15, 0.2) is 5.78 Å². The molecule has 2 rings (SSSR count). The molecule has 0 aromatic heterocycles. The Labute approximate surface area is 127 Å². The van der Waals surface area contributed by atoms with Crippen molar-refractivity contribution in [2.45, 2.75) is 0 Å². The molecule has 0 aliphatic carbocycles. The molecular weight excluding hydrogens is 288 g/mol. The number of rotatable bonds is 4. The summed E-state index contributed by atoms with van der Waals surface area (Å²) in [6.07, 6.45) is 4.46. The zero-order valence-electron chi connectivity index (χ0n) is 11.0. The van der Waals surface area contributed by atoms with Crippen LogP contribution in [-0.2, 0) is 0 Å². The maximum atomic E-state index is 11.9. The third-order valence-electron chi connectivity index (χ3n) is 2.74. The number of halogens is 1. The lowest BCUT2D eigenvalue weighted by Crippen LogP contribution is -1.94. The Morgan fingerprint density at radius 3 is 2.38 bits per heavy atom. The second-order valence-electron chi connectivity index (χ2n) is 4.34. The molecule has 2 aromatic rings. The van der Waals surface area contributed by atoms with Crippen molar-refractivity contribution >= 4 is 23.5 Å². The van der Waals surface area contributed by atoms with Gasteiger partial charge in [0.25, 0.3) is 0 Å². The Bertz CT molecular complexity index is 703. The number of hydrogen-bond donors (Lipinski definition) is 2. The molecule has 0 fully saturated rings. The Morgan fingerprint density at radius 2 is 1.71 bits per heavy atom. The van der Waals surface area contributed by atoms with Crippen LogP contribution >= 0.6 is 11.6 Å². The summed E-state index contributed by atoms with van der Waals surface area (Å²) in [7, 11) is 0. The minimum Gasteiger partial charge on any atom is -0.508 e. The zero-order chi connectivity index (χ0) is 15.2. The average molecular weight is 301 g/mol. The van der Waals surface area contributed by atoms with Gasteiger partial charge in [0.1, 0.15) is 11.5 Å². The van der Waals surface area contributed by atoms with Crippen molar-refractivity contribution in [3.63, 3.8) is 0 Å². The van der Waals surface area contributed by atoms with E-state index in [0.29, 0.717) is 5.03 Å². The van der Waals surface area contributed by atoms with Crippen LogP contribution in [0.4, 0.5) is 0 Å². The Balaban J connectivity index is 2.13. The lowest BCUT2D eigenvalue weighted by molar-refractivity contribution is 0.104. The molecule has 0 amide bonds. The molecule has 0 atom stereocenters. The van der Waals surface area contributed by atoms with Crippen LogP contribution in [-0.4, -0.2) is 16.0 Å². The van der Waals surface area contributed by atoms with Crippen molar-refractivity contribution in [3.05, 3.63) is 76.8 Å². The van der Waals surface area contributed by atoms with Crippen molar-refractivity contribution in [3.8, 4) is 11.5 Å². The minimum absolute atomic E-state index is 0.102. The maximum absolute atomic E-state index is 11.9. The first-order valence-electron chi connectivity index (χ1n) is 6.23. The average Bonchev–Trinajstić information content (AvgIpc) is 2.46. The molecule has 0 spiro atoms. The van der Waals surface area contributed by atoms with Gasteiger partial charge < -0.3 is 10.2 Å². The van der Waals surface area contributed by atoms with Crippen LogP contribution in [0.5, 0.6) is 11.5 Å². The fourth-order valence-corrected chi connectivity index (χ4v) is 1.92. The van der Waals surface area contributed by atoms with Crippen molar-refractivity contribution in [2.24, 2.45) is 0 Å². The molecule has 0 saturated carbocycles. The molecule has 21 heavy (non-hydrogen) atoms. The van der Waals surface area contributed by atoms with Crippen LogP contribution in [0.2, 0.25) is 0 Å². The summed E-state index contributed by atoms with van der Waals surface area (Å²) in [6.45, 7) is 0. The van der Waals surface area contributed by atoms with Crippen molar-refractivity contribution < 1.29 is 15.0 Å². The van der Waals surface area contributed by atoms with Crippen molar-refractivity contribution in [1.82, 2.24) is 0 Å². The maximum Gasteiger partial charge on any atom is 0.189 e. The highest BCUT2D eigenvalue weighted by Crippen LogP contribution is 2.23. The summed E-state index contributed by atoms with van der Waals surface area (Å²) in [5.74, 6) is -0.769. The van der Waals surface area contributed by atoms with E-state index in [2.05, 4.69) is 0 Å². The van der Waals surface area contributed by atoms with E-state index >= 15 is 0 Å². The van der Waals surface area contributed by atoms with Crippen LogP contribution in [0.1, 0.15) is 15.9 Å². The molecule has 0 aliphatic rings. The summed E-state index contributed by atoms with van der Waals surface area (Å²) in [4.78, 5) is 11.9. The first-order chi connectivity index (χ1) is 10.1. The summed E-state index contributed by atoms with van der Waals surface area (Å²) in [5, 5.41) is 19.2. The second-order valence-corrected chi connectivity index (χ2v) is 4.78. The van der Waals surface area contributed by atoms with E-state index in [1.54, 1.807) is 6.08 Å². The van der Waals surface area contributed by atoms with Crippen LogP contribution in [0, 0.1) is 0 Å². The monoisotopic (exact) mass is 300 g/mol. The van der Waals surface area contributed by atoms with Crippen LogP contribution < -0.4 is 0 Å². The summed E-state index contributed by atoms with van der Waals surface area (Å²) in [5.41, 5.74) is 1.03. The van der Waals surface area contributed by atoms with Gasteiger partial charge in [-0.1, -0.05) is 41.9 Å². The Morgan fingerprint density at radius 1 is 1.00 bits per heavy atom. The van der Waals surface area contributed by atoms with E-state index in [-0.39, 0.29) is 17.1 Å². The SMILES string of the molecule is O=C(/C=C/C(Cl)=C/c1ccccc1)c1ccc(O)cc1O. The molecule has 106 valence electrons. The van der Waals surface area contributed by atoms with Gasteiger partial charge in [-0.15, -0.1) is 0 Å². The fourth-order valence-electron chi connectivity index (χ4n) is 1.73. The second kappa shape index (κ2) is 6.77. The summed E-state index contributed by atoms with van der Waals surface area (Å²) in [6, 6.07) is 13.3. The standard InChI is InChI=1S/C17H13ClO3/c18-13(10-12-4-2-1-3-5-12)6-9-16(20)15-8-7-14(19)11-17(15)21/h1-11,19,21H/b9-6+,13-10-. The largest absolute Gasteiger partial charge is 0.508 e. The van der Waals surface area contributed by atoms with Crippen LogP contribution in [0.3, 0.4) is 0 Å². The molecule has 4 heteroatoms. The number of hydrogen-bond acceptors (Lipinski definition) is 3. The first kappa shape index (κ1) is 14.9. The molecule has 2 N–H and O–H groups in total. The third-order valence-corrected chi connectivity index (χ3v) is 2.98. The number of aromatic hydroxyl groups is 2. The van der Waals surface area contributed by atoms with Crippen LogP contribution in [0.25, 0.3) is 6.08 Å². The highest BCUT2D eigenvalue weighted by atomic mass is 35.5. The lowest BCUT2D eigenvalue weighted by atomic mass is 10.1. The number of allylic oxidation sites excluding steroid dienone is 3. The molecule has 3 nitrogen and oxygen atoms in total. The van der Waals surface area contributed by atoms with E-state index in [4.69, 9.17) is 11.6 Å². The van der Waals surface area contributed by atoms with Gasteiger partial charge in [-0.2, -0.15) is 0 Å². The normalized spacial score (nSPS) is 11.8. The number of carbonyl (C=O) groups excluding carboxylic acids is 1. The number of ketones is 1. The molecular formula is C17H13ClO3. The van der Waals surface area contributed by atoms with Crippen molar-refractivity contribution in [1.29, 1.82) is 0 Å². The number of phenolic OH excluding ortho intramolecular Hbond substituents is 2. The molecule has 0 radical (unpaired) electrons. The third kappa shape index (κ3) is 4.23. The smallest absolute Gasteiger partial charge is 0.189 e. The quantitative estimate of drug-likeness (QED) is 0.507. The number of phenols is 2. The molecule has 0 aliphatic heterocycles. The molecule has 0 unspecified atom stereocenters. The van der Waals surface area contributed by atoms with E-state index in [1.165, 1.54) is 24.3 Å². The Kier molecular flexibility index (Phi) is 4.80. The number of carbonyl (C=O) groups is 1.